The standard InChI is InChI=1S/C24H25N5OS/c1-5-21-23(31-27-25-21)24(30)28(4)14-19-15-29(20-9-7-6-8-10-20)26-22(19)18-12-11-16(2)17(3)13-18/h6-13,15H,5,14H2,1-4H3. The molecule has 0 saturated carbocycles. The van der Waals surface area contributed by atoms with Gasteiger partial charge in [-0.15, -0.1) is 5.10 Å². The summed E-state index contributed by atoms with van der Waals surface area (Å²) in [5.74, 6) is -0.0645. The molecule has 2 aromatic carbocycles. The maximum absolute atomic E-state index is 13.0. The third-order valence-electron chi connectivity index (χ3n) is 5.43. The summed E-state index contributed by atoms with van der Waals surface area (Å²) in [5, 5.41) is 8.96. The number of carbonyl (C=O) groups excluding carboxylic acids is 1. The second kappa shape index (κ2) is 8.81. The van der Waals surface area contributed by atoms with Crippen LogP contribution in [-0.4, -0.2) is 37.2 Å². The van der Waals surface area contributed by atoms with Gasteiger partial charge in [-0.25, -0.2) is 4.68 Å². The SMILES string of the molecule is CCc1nnsc1C(=O)N(C)Cc1cn(-c2ccccc2)nc1-c1ccc(C)c(C)c1. The van der Waals surface area contributed by atoms with Crippen molar-refractivity contribution in [2.75, 3.05) is 7.05 Å². The van der Waals surface area contributed by atoms with Crippen LogP contribution in [0.3, 0.4) is 0 Å². The quantitative estimate of drug-likeness (QED) is 0.438. The second-order valence-electron chi connectivity index (χ2n) is 7.65. The Morgan fingerprint density at radius 2 is 1.87 bits per heavy atom. The van der Waals surface area contributed by atoms with Crippen LogP contribution in [-0.2, 0) is 13.0 Å². The molecule has 2 aromatic heterocycles. The number of nitrogens with zero attached hydrogens (tertiary/aromatic N) is 5. The van der Waals surface area contributed by atoms with Crippen molar-refractivity contribution < 1.29 is 4.79 Å². The molecule has 4 rings (SSSR count). The van der Waals surface area contributed by atoms with Crippen LogP contribution in [0.4, 0.5) is 0 Å². The van der Waals surface area contributed by atoms with Gasteiger partial charge in [0.05, 0.1) is 17.1 Å². The van der Waals surface area contributed by atoms with Crippen LogP contribution in [0.5, 0.6) is 0 Å². The van der Waals surface area contributed by atoms with Crippen LogP contribution in [0, 0.1) is 13.8 Å². The first-order valence-corrected chi connectivity index (χ1v) is 11.0. The van der Waals surface area contributed by atoms with Crippen molar-refractivity contribution in [1.82, 2.24) is 24.3 Å². The van der Waals surface area contributed by atoms with Gasteiger partial charge in [-0.05, 0) is 61.1 Å². The minimum absolute atomic E-state index is 0.0645. The van der Waals surface area contributed by atoms with Gasteiger partial charge in [-0.2, -0.15) is 5.10 Å². The number of carbonyl (C=O) groups is 1. The number of aryl methyl sites for hydroxylation is 3. The topological polar surface area (TPSA) is 63.9 Å². The lowest BCUT2D eigenvalue weighted by molar-refractivity contribution is 0.0789. The van der Waals surface area contributed by atoms with E-state index in [4.69, 9.17) is 5.10 Å². The van der Waals surface area contributed by atoms with E-state index in [-0.39, 0.29) is 5.91 Å². The third-order valence-corrected chi connectivity index (χ3v) is 6.19. The molecule has 7 heteroatoms. The number of amides is 1. The fourth-order valence-electron chi connectivity index (χ4n) is 3.47. The molecule has 1 amide bonds. The third kappa shape index (κ3) is 4.27. The summed E-state index contributed by atoms with van der Waals surface area (Å²) in [7, 11) is 1.81. The highest BCUT2D eigenvalue weighted by Gasteiger charge is 2.22. The highest BCUT2D eigenvalue weighted by Crippen LogP contribution is 2.27. The Morgan fingerprint density at radius 3 is 2.58 bits per heavy atom. The van der Waals surface area contributed by atoms with Crippen LogP contribution >= 0.6 is 11.5 Å². The normalized spacial score (nSPS) is 11.0. The van der Waals surface area contributed by atoms with Crippen molar-refractivity contribution in [1.29, 1.82) is 0 Å². The molecule has 0 fully saturated rings. The molecule has 0 radical (unpaired) electrons. The van der Waals surface area contributed by atoms with Gasteiger partial charge in [-0.3, -0.25) is 4.79 Å². The first-order chi connectivity index (χ1) is 15.0. The predicted molar refractivity (Wildman–Crippen MR) is 124 cm³/mol. The van der Waals surface area contributed by atoms with Crippen LogP contribution in [0.2, 0.25) is 0 Å². The number of para-hydroxylation sites is 1. The molecule has 0 aliphatic carbocycles. The summed E-state index contributed by atoms with van der Waals surface area (Å²) in [4.78, 5) is 15.4. The Balaban J connectivity index is 1.72. The van der Waals surface area contributed by atoms with E-state index in [0.717, 1.165) is 39.7 Å². The molecule has 0 unspecified atom stereocenters. The van der Waals surface area contributed by atoms with Crippen molar-refractivity contribution >= 4 is 17.4 Å². The van der Waals surface area contributed by atoms with E-state index in [1.165, 1.54) is 11.1 Å². The van der Waals surface area contributed by atoms with Crippen LogP contribution in [0.15, 0.2) is 54.7 Å². The van der Waals surface area contributed by atoms with Crippen molar-refractivity contribution in [2.45, 2.75) is 33.7 Å². The lowest BCUT2D eigenvalue weighted by atomic mass is 10.0. The summed E-state index contributed by atoms with van der Waals surface area (Å²) in [5.41, 5.74) is 7.09. The lowest BCUT2D eigenvalue weighted by Crippen LogP contribution is -2.26. The average molecular weight is 432 g/mol. The van der Waals surface area contributed by atoms with E-state index in [0.29, 0.717) is 17.8 Å². The zero-order valence-electron chi connectivity index (χ0n) is 18.2. The molecular formula is C24H25N5OS. The fourth-order valence-corrected chi connectivity index (χ4v) is 4.22. The summed E-state index contributed by atoms with van der Waals surface area (Å²) >= 11 is 1.15. The molecule has 4 aromatic rings. The first kappa shape index (κ1) is 20.9. The summed E-state index contributed by atoms with van der Waals surface area (Å²) in [6.07, 6.45) is 2.69. The molecule has 0 aliphatic rings. The summed E-state index contributed by atoms with van der Waals surface area (Å²) < 4.78 is 5.84. The van der Waals surface area contributed by atoms with E-state index in [9.17, 15) is 4.79 Å². The maximum atomic E-state index is 13.0. The zero-order valence-corrected chi connectivity index (χ0v) is 19.0. The van der Waals surface area contributed by atoms with Crippen LogP contribution in [0.25, 0.3) is 16.9 Å². The first-order valence-electron chi connectivity index (χ1n) is 10.3. The van der Waals surface area contributed by atoms with Gasteiger partial charge < -0.3 is 4.90 Å². The van der Waals surface area contributed by atoms with Gasteiger partial charge >= 0.3 is 0 Å². The Labute approximate surface area is 186 Å². The van der Waals surface area contributed by atoms with Crippen molar-refractivity contribution in [3.63, 3.8) is 0 Å². The Morgan fingerprint density at radius 1 is 1.10 bits per heavy atom. The Bertz CT molecular complexity index is 1210. The second-order valence-corrected chi connectivity index (χ2v) is 8.40. The molecule has 0 bridgehead atoms. The fraction of sp³-hybridized carbons (Fsp3) is 0.250. The predicted octanol–water partition coefficient (Wildman–Crippen LogP) is 4.84. The van der Waals surface area contributed by atoms with Crippen molar-refractivity contribution in [3.05, 3.63) is 82.0 Å². The molecule has 31 heavy (non-hydrogen) atoms. The number of hydrogen-bond acceptors (Lipinski definition) is 5. The number of rotatable bonds is 6. The van der Waals surface area contributed by atoms with E-state index in [1.807, 2.05) is 55.2 Å². The molecule has 2 heterocycles. The van der Waals surface area contributed by atoms with Gasteiger partial charge in [0.1, 0.15) is 4.88 Å². The van der Waals surface area contributed by atoms with Gasteiger partial charge in [0.2, 0.25) is 0 Å². The van der Waals surface area contributed by atoms with Crippen LogP contribution in [0.1, 0.15) is 39.0 Å². The Kier molecular flexibility index (Phi) is 5.95. The minimum Gasteiger partial charge on any atom is -0.336 e. The summed E-state index contributed by atoms with van der Waals surface area (Å²) in [6.45, 7) is 6.62. The summed E-state index contributed by atoms with van der Waals surface area (Å²) in [6, 6.07) is 16.4. The molecular weight excluding hydrogens is 406 g/mol. The number of aromatic nitrogens is 4. The molecule has 0 aliphatic heterocycles. The molecule has 158 valence electrons. The zero-order chi connectivity index (χ0) is 22.0. The van der Waals surface area contributed by atoms with Gasteiger partial charge in [0, 0.05) is 30.9 Å². The molecule has 6 nitrogen and oxygen atoms in total. The van der Waals surface area contributed by atoms with Gasteiger partial charge in [0.25, 0.3) is 5.91 Å². The highest BCUT2D eigenvalue weighted by molar-refractivity contribution is 7.07. The van der Waals surface area contributed by atoms with Crippen LogP contribution < -0.4 is 0 Å². The monoisotopic (exact) mass is 431 g/mol. The average Bonchev–Trinajstić information content (AvgIpc) is 3.43. The maximum Gasteiger partial charge on any atom is 0.267 e. The molecule has 0 saturated heterocycles. The number of benzene rings is 2. The molecule has 0 spiro atoms. The van der Waals surface area contributed by atoms with Gasteiger partial charge in [0.15, 0.2) is 0 Å². The van der Waals surface area contributed by atoms with E-state index >= 15 is 0 Å². The van der Waals surface area contributed by atoms with E-state index in [2.05, 4.69) is 41.6 Å². The minimum atomic E-state index is -0.0645. The lowest BCUT2D eigenvalue weighted by Gasteiger charge is -2.16. The molecule has 0 atom stereocenters. The smallest absolute Gasteiger partial charge is 0.267 e. The van der Waals surface area contributed by atoms with Crippen molar-refractivity contribution in [2.24, 2.45) is 0 Å². The van der Waals surface area contributed by atoms with Crippen molar-refractivity contribution in [3.8, 4) is 16.9 Å². The van der Waals surface area contributed by atoms with E-state index < -0.39 is 0 Å². The highest BCUT2D eigenvalue weighted by atomic mass is 32.1. The number of hydrogen-bond donors (Lipinski definition) is 0. The van der Waals surface area contributed by atoms with Gasteiger partial charge in [-0.1, -0.05) is 41.7 Å². The molecule has 0 N–H and O–H groups in total. The largest absolute Gasteiger partial charge is 0.336 e. The van der Waals surface area contributed by atoms with E-state index in [1.54, 1.807) is 4.90 Å². The Hall–Kier alpha value is -3.32.